The minimum Gasteiger partial charge on any atom is -0.332 e. The second-order valence-corrected chi connectivity index (χ2v) is 6.32. The highest BCUT2D eigenvalue weighted by molar-refractivity contribution is 7.10. The molecule has 1 N–H and O–H groups in total. The van der Waals surface area contributed by atoms with Crippen molar-refractivity contribution in [2.75, 3.05) is 13.1 Å². The van der Waals surface area contributed by atoms with Crippen molar-refractivity contribution in [3.63, 3.8) is 0 Å². The van der Waals surface area contributed by atoms with Gasteiger partial charge in [-0.05, 0) is 41.6 Å². The van der Waals surface area contributed by atoms with Crippen LogP contribution in [-0.4, -0.2) is 23.9 Å². The van der Waals surface area contributed by atoms with Crippen molar-refractivity contribution >= 4 is 17.2 Å². The highest BCUT2D eigenvalue weighted by Crippen LogP contribution is 2.19. The van der Waals surface area contributed by atoms with Gasteiger partial charge in [-0.3, -0.25) is 4.79 Å². The topological polar surface area (TPSA) is 32.3 Å². The number of carbonyl (C=O) groups is 1. The second-order valence-electron chi connectivity index (χ2n) is 5.32. The van der Waals surface area contributed by atoms with E-state index in [1.807, 2.05) is 12.3 Å². The third-order valence-corrected chi connectivity index (χ3v) is 4.51. The normalized spacial score (nSPS) is 10.5. The molecule has 0 bridgehead atoms. The van der Waals surface area contributed by atoms with Gasteiger partial charge in [-0.25, -0.2) is 4.39 Å². The minimum absolute atomic E-state index is 0.0176. The summed E-state index contributed by atoms with van der Waals surface area (Å²) in [6, 6.07) is 8.33. The van der Waals surface area contributed by atoms with Crippen LogP contribution < -0.4 is 5.32 Å². The van der Waals surface area contributed by atoms with Gasteiger partial charge in [0.1, 0.15) is 5.82 Å². The molecule has 2 aromatic rings. The second kappa shape index (κ2) is 8.60. The molecule has 2 rings (SSSR count). The van der Waals surface area contributed by atoms with Crippen LogP contribution in [-0.2, 0) is 17.9 Å². The Bertz CT molecular complexity index is 651. The summed E-state index contributed by atoms with van der Waals surface area (Å²) in [6.45, 7) is 7.56. The number of benzene rings is 1. The first kappa shape index (κ1) is 17.4. The summed E-state index contributed by atoms with van der Waals surface area (Å²) in [4.78, 5) is 15.5. The van der Waals surface area contributed by atoms with E-state index in [9.17, 15) is 9.18 Å². The SMILES string of the molecule is C=CCNCC(=O)N(Cc1ccc(F)cc1)Cc1sccc1C. The first-order chi connectivity index (χ1) is 11.1. The lowest BCUT2D eigenvalue weighted by molar-refractivity contribution is -0.131. The van der Waals surface area contributed by atoms with E-state index >= 15 is 0 Å². The molecule has 5 heteroatoms. The van der Waals surface area contributed by atoms with Gasteiger partial charge in [0.25, 0.3) is 0 Å². The molecule has 3 nitrogen and oxygen atoms in total. The van der Waals surface area contributed by atoms with Gasteiger partial charge in [0.2, 0.25) is 5.91 Å². The number of nitrogens with one attached hydrogen (secondary N) is 1. The average molecular weight is 332 g/mol. The van der Waals surface area contributed by atoms with Crippen molar-refractivity contribution in [3.05, 3.63) is 70.2 Å². The number of halogens is 1. The maximum absolute atomic E-state index is 13.0. The fourth-order valence-corrected chi connectivity index (χ4v) is 3.10. The summed E-state index contributed by atoms with van der Waals surface area (Å²) >= 11 is 1.65. The van der Waals surface area contributed by atoms with Crippen molar-refractivity contribution in [1.82, 2.24) is 10.2 Å². The number of rotatable bonds is 8. The summed E-state index contributed by atoms with van der Waals surface area (Å²) in [7, 11) is 0. The van der Waals surface area contributed by atoms with Gasteiger partial charge >= 0.3 is 0 Å². The Balaban J connectivity index is 2.09. The van der Waals surface area contributed by atoms with Crippen LogP contribution in [0.15, 0.2) is 48.4 Å². The van der Waals surface area contributed by atoms with Gasteiger partial charge < -0.3 is 10.2 Å². The molecule has 0 saturated heterocycles. The Hall–Kier alpha value is -1.98. The van der Waals surface area contributed by atoms with Crippen LogP contribution >= 0.6 is 11.3 Å². The molecular formula is C18H21FN2OS. The minimum atomic E-state index is -0.270. The molecule has 1 heterocycles. The van der Waals surface area contributed by atoms with E-state index in [1.165, 1.54) is 22.6 Å². The molecule has 23 heavy (non-hydrogen) atoms. The molecule has 0 saturated carbocycles. The lowest BCUT2D eigenvalue weighted by atomic mass is 10.2. The number of hydrogen-bond acceptors (Lipinski definition) is 3. The van der Waals surface area contributed by atoms with Crippen LogP contribution in [0.3, 0.4) is 0 Å². The van der Waals surface area contributed by atoms with Gasteiger partial charge in [0.05, 0.1) is 13.1 Å². The Kier molecular flexibility index (Phi) is 6.50. The largest absolute Gasteiger partial charge is 0.332 e. The molecule has 0 spiro atoms. The molecule has 0 unspecified atom stereocenters. The van der Waals surface area contributed by atoms with Gasteiger partial charge in [-0.1, -0.05) is 18.2 Å². The van der Waals surface area contributed by atoms with Crippen molar-refractivity contribution in [2.24, 2.45) is 0 Å². The van der Waals surface area contributed by atoms with Crippen molar-refractivity contribution in [2.45, 2.75) is 20.0 Å². The third-order valence-electron chi connectivity index (χ3n) is 3.51. The smallest absolute Gasteiger partial charge is 0.237 e. The van der Waals surface area contributed by atoms with Crippen LogP contribution in [0.2, 0.25) is 0 Å². The molecule has 1 amide bonds. The lowest BCUT2D eigenvalue weighted by Gasteiger charge is -2.23. The van der Waals surface area contributed by atoms with Gasteiger partial charge in [0, 0.05) is 18.0 Å². The van der Waals surface area contributed by atoms with E-state index in [1.54, 1.807) is 34.4 Å². The average Bonchev–Trinajstić information content (AvgIpc) is 2.94. The summed E-state index contributed by atoms with van der Waals surface area (Å²) in [5.74, 6) is -0.252. The van der Waals surface area contributed by atoms with Crippen LogP contribution in [0.4, 0.5) is 4.39 Å². The van der Waals surface area contributed by atoms with E-state index in [2.05, 4.69) is 18.0 Å². The number of nitrogens with zero attached hydrogens (tertiary/aromatic N) is 1. The van der Waals surface area contributed by atoms with Gasteiger partial charge in [0.15, 0.2) is 0 Å². The Morgan fingerprint density at radius 2 is 2.04 bits per heavy atom. The summed E-state index contributed by atoms with van der Waals surface area (Å²) in [5, 5.41) is 5.07. The molecule has 122 valence electrons. The maximum atomic E-state index is 13.0. The standard InChI is InChI=1S/C18H21FN2OS/c1-3-9-20-11-18(22)21(13-17-14(2)8-10-23-17)12-15-4-6-16(19)7-5-15/h3-8,10,20H,1,9,11-13H2,2H3. The molecule has 0 aliphatic carbocycles. The highest BCUT2D eigenvalue weighted by Gasteiger charge is 2.16. The predicted molar refractivity (Wildman–Crippen MR) is 92.8 cm³/mol. The molecule has 0 atom stereocenters. The molecule has 0 aliphatic heterocycles. The number of aryl methyl sites for hydroxylation is 1. The number of amides is 1. The predicted octanol–water partition coefficient (Wildman–Crippen LogP) is 3.50. The Morgan fingerprint density at radius 3 is 2.65 bits per heavy atom. The molecule has 1 aromatic carbocycles. The monoisotopic (exact) mass is 332 g/mol. The summed E-state index contributed by atoms with van der Waals surface area (Å²) in [6.07, 6.45) is 1.72. The quantitative estimate of drug-likeness (QED) is 0.593. The van der Waals surface area contributed by atoms with E-state index in [0.29, 0.717) is 19.6 Å². The van der Waals surface area contributed by atoms with Crippen LogP contribution in [0.25, 0.3) is 0 Å². The zero-order valence-corrected chi connectivity index (χ0v) is 14.0. The first-order valence-electron chi connectivity index (χ1n) is 7.47. The number of thiophene rings is 1. The zero-order valence-electron chi connectivity index (χ0n) is 13.2. The molecule has 0 aliphatic rings. The number of carbonyl (C=O) groups excluding carboxylic acids is 1. The summed E-state index contributed by atoms with van der Waals surface area (Å²) < 4.78 is 13.0. The number of hydrogen-bond donors (Lipinski definition) is 1. The summed E-state index contributed by atoms with van der Waals surface area (Å²) in [5.41, 5.74) is 2.10. The van der Waals surface area contributed by atoms with Gasteiger partial charge in [-0.15, -0.1) is 17.9 Å². The van der Waals surface area contributed by atoms with E-state index in [4.69, 9.17) is 0 Å². The Morgan fingerprint density at radius 1 is 1.30 bits per heavy atom. The molecule has 1 aromatic heterocycles. The van der Waals surface area contributed by atoms with Crippen LogP contribution in [0.1, 0.15) is 16.0 Å². The first-order valence-corrected chi connectivity index (χ1v) is 8.35. The van der Waals surface area contributed by atoms with Gasteiger partial charge in [-0.2, -0.15) is 0 Å². The van der Waals surface area contributed by atoms with E-state index in [-0.39, 0.29) is 18.3 Å². The highest BCUT2D eigenvalue weighted by atomic mass is 32.1. The third kappa shape index (κ3) is 5.30. The van der Waals surface area contributed by atoms with Crippen LogP contribution in [0.5, 0.6) is 0 Å². The maximum Gasteiger partial charge on any atom is 0.237 e. The lowest BCUT2D eigenvalue weighted by Crippen LogP contribution is -2.37. The molecular weight excluding hydrogens is 311 g/mol. The fraction of sp³-hybridized carbons (Fsp3) is 0.278. The zero-order chi connectivity index (χ0) is 16.7. The Labute approximate surface area is 140 Å². The van der Waals surface area contributed by atoms with E-state index in [0.717, 1.165) is 5.56 Å². The molecule has 0 radical (unpaired) electrons. The van der Waals surface area contributed by atoms with Crippen molar-refractivity contribution < 1.29 is 9.18 Å². The van der Waals surface area contributed by atoms with E-state index < -0.39 is 0 Å². The molecule has 0 fully saturated rings. The van der Waals surface area contributed by atoms with Crippen molar-refractivity contribution in [1.29, 1.82) is 0 Å². The fourth-order valence-electron chi connectivity index (χ4n) is 2.17. The van der Waals surface area contributed by atoms with Crippen molar-refractivity contribution in [3.8, 4) is 0 Å². The van der Waals surface area contributed by atoms with Crippen LogP contribution in [0, 0.1) is 12.7 Å².